The van der Waals surface area contributed by atoms with Gasteiger partial charge in [-0.15, -0.1) is 0 Å². The first kappa shape index (κ1) is 30.1. The molecule has 7 unspecified atom stereocenters. The van der Waals surface area contributed by atoms with Crippen LogP contribution in [0.25, 0.3) is 0 Å². The first-order chi connectivity index (χ1) is 19.6. The molecular formula is C30H35NO11. The Balaban J connectivity index is 1.70. The number of Topliss-reactive ketones (excluding diaryl/α,β-unsaturated/α-hetero) is 1. The lowest BCUT2D eigenvalue weighted by atomic mass is 9.72. The molecule has 4 N–H and O–H groups in total. The highest BCUT2D eigenvalue weighted by molar-refractivity contribution is 6.32. The minimum atomic E-state index is -2.17. The summed E-state index contributed by atoms with van der Waals surface area (Å²) in [7, 11) is 6.17. The summed E-state index contributed by atoms with van der Waals surface area (Å²) >= 11 is 0. The molecule has 1 saturated heterocycles. The molecule has 0 amide bonds. The maximum atomic E-state index is 13.8. The molecule has 0 aromatic heterocycles. The van der Waals surface area contributed by atoms with Gasteiger partial charge >= 0.3 is 0 Å². The van der Waals surface area contributed by atoms with Gasteiger partial charge in [0.05, 0.1) is 41.5 Å². The van der Waals surface area contributed by atoms with Crippen LogP contribution in [0.2, 0.25) is 0 Å². The van der Waals surface area contributed by atoms with Crippen LogP contribution in [-0.2, 0) is 14.2 Å². The van der Waals surface area contributed by atoms with Crippen LogP contribution in [0.5, 0.6) is 17.2 Å². The van der Waals surface area contributed by atoms with E-state index in [1.807, 2.05) is 11.8 Å². The van der Waals surface area contributed by atoms with Gasteiger partial charge in [-0.05, 0) is 53.1 Å². The molecule has 7 atom stereocenters. The molecule has 1 aliphatic heterocycles. The second-order valence-corrected chi connectivity index (χ2v) is 11.7. The van der Waals surface area contributed by atoms with E-state index in [0.29, 0.717) is 0 Å². The highest BCUT2D eigenvalue weighted by atomic mass is 16.7. The Bertz CT molecular complexity index is 1500. The first-order valence-electron chi connectivity index (χ1n) is 13.5. The number of carbonyl (C=O) groups is 3. The summed E-state index contributed by atoms with van der Waals surface area (Å²) in [5, 5.41) is 44.4. The zero-order valence-corrected chi connectivity index (χ0v) is 24.4. The maximum absolute atomic E-state index is 13.8. The Kier molecular flexibility index (Phi) is 7.24. The minimum Gasteiger partial charge on any atom is -0.507 e. The van der Waals surface area contributed by atoms with E-state index in [-0.39, 0.29) is 40.0 Å². The molecule has 12 nitrogen and oxygen atoms in total. The van der Waals surface area contributed by atoms with E-state index in [1.54, 1.807) is 21.0 Å². The van der Waals surface area contributed by atoms with Crippen molar-refractivity contribution in [2.24, 2.45) is 0 Å². The normalized spacial score (nSPS) is 32.4. The smallest absolute Gasteiger partial charge is 0.202 e. The van der Waals surface area contributed by atoms with Crippen LogP contribution in [-0.4, -0.2) is 107 Å². The summed E-state index contributed by atoms with van der Waals surface area (Å²) in [5.41, 5.74) is -4.66. The molecule has 42 heavy (non-hydrogen) atoms. The largest absolute Gasteiger partial charge is 0.507 e. The Hall–Kier alpha value is -3.39. The van der Waals surface area contributed by atoms with Gasteiger partial charge in [-0.3, -0.25) is 14.4 Å². The lowest BCUT2D eigenvalue weighted by molar-refractivity contribution is -0.285. The highest BCUT2D eigenvalue weighted by Gasteiger charge is 2.56. The minimum absolute atomic E-state index is 0.0256. The number of carbonyl (C=O) groups excluding carboxylic acids is 3. The quantitative estimate of drug-likeness (QED) is 0.342. The number of nitrogens with zero attached hydrogens (tertiary/aromatic N) is 1. The summed E-state index contributed by atoms with van der Waals surface area (Å²) < 4.78 is 23.1. The highest BCUT2D eigenvalue weighted by Crippen LogP contribution is 2.50. The van der Waals surface area contributed by atoms with Crippen LogP contribution in [0, 0.1) is 0 Å². The number of methoxy groups -OCH3 is 2. The van der Waals surface area contributed by atoms with E-state index in [2.05, 4.69) is 0 Å². The van der Waals surface area contributed by atoms with Gasteiger partial charge in [-0.25, -0.2) is 0 Å². The fraction of sp³-hybridized carbons (Fsp3) is 0.500. The number of aromatic hydroxyl groups is 2. The van der Waals surface area contributed by atoms with E-state index >= 15 is 0 Å². The number of benzene rings is 2. The Labute approximate surface area is 242 Å². The maximum Gasteiger partial charge on any atom is 0.202 e. The summed E-state index contributed by atoms with van der Waals surface area (Å²) in [6, 6.07) is 3.68. The van der Waals surface area contributed by atoms with Gasteiger partial charge in [0.1, 0.15) is 29.5 Å². The van der Waals surface area contributed by atoms with Crippen LogP contribution in [0.1, 0.15) is 81.1 Å². The van der Waals surface area contributed by atoms with Crippen molar-refractivity contribution in [3.05, 3.63) is 51.6 Å². The van der Waals surface area contributed by atoms with Crippen LogP contribution in [0.4, 0.5) is 0 Å². The van der Waals surface area contributed by atoms with E-state index in [9.17, 15) is 34.8 Å². The number of ketones is 3. The number of phenolic OH excluding ortho intramolecular Hbond substituents is 2. The average molecular weight is 586 g/mol. The van der Waals surface area contributed by atoms with Crippen molar-refractivity contribution in [1.82, 2.24) is 4.90 Å². The number of rotatable bonds is 5. The summed E-state index contributed by atoms with van der Waals surface area (Å²) in [5.74, 6) is -3.66. The summed E-state index contributed by atoms with van der Waals surface area (Å²) in [6.07, 6.45) is -5.11. The molecule has 0 saturated carbocycles. The third-order valence-electron chi connectivity index (χ3n) is 9.05. The lowest BCUT2D eigenvalue weighted by Crippen LogP contribution is -2.62. The Morgan fingerprint density at radius 2 is 1.67 bits per heavy atom. The molecule has 3 aliphatic rings. The van der Waals surface area contributed by atoms with Crippen LogP contribution < -0.4 is 4.74 Å². The number of aliphatic hydroxyl groups excluding tert-OH is 1. The molecule has 0 bridgehead atoms. The molecule has 2 aliphatic carbocycles. The number of hydrogen-bond donors (Lipinski definition) is 4. The van der Waals surface area contributed by atoms with Gasteiger partial charge in [0, 0.05) is 30.2 Å². The van der Waals surface area contributed by atoms with Gasteiger partial charge in [-0.2, -0.15) is 0 Å². The molecule has 5 rings (SSSR count). The third-order valence-corrected chi connectivity index (χ3v) is 9.05. The van der Waals surface area contributed by atoms with Gasteiger partial charge < -0.3 is 44.3 Å². The second-order valence-electron chi connectivity index (χ2n) is 11.7. The second kappa shape index (κ2) is 10.1. The molecular weight excluding hydrogens is 550 g/mol. The van der Waals surface area contributed by atoms with Crippen LogP contribution in [0.15, 0.2) is 18.2 Å². The van der Waals surface area contributed by atoms with Gasteiger partial charge in [0.15, 0.2) is 23.5 Å². The molecule has 2 aromatic carbocycles. The van der Waals surface area contributed by atoms with E-state index < -0.39 is 76.3 Å². The number of hydrogen-bond acceptors (Lipinski definition) is 12. The standard InChI is InChI=1S/C30H35NO11/c1-12-26(36)29(2,31(4)5)11-17(41-12)42-25-19-14(27(37)30(3,38)28(25)40-7)10-13-18(23(19)34)24(35)20-15(32)8-9-16(39-6)21(20)22(13)33/h8-10,12,17,25-26,28,32,34,36,38H,11H2,1-7H3. The molecule has 0 spiro atoms. The Morgan fingerprint density at radius 1 is 1.00 bits per heavy atom. The number of likely N-dealkylation sites (N-methyl/N-ethyl adjacent to an activating group) is 1. The zero-order valence-electron chi connectivity index (χ0n) is 24.4. The number of aliphatic hydroxyl groups is 2. The van der Waals surface area contributed by atoms with Crippen molar-refractivity contribution in [2.75, 3.05) is 28.3 Å². The first-order valence-corrected chi connectivity index (χ1v) is 13.5. The predicted octanol–water partition coefficient (Wildman–Crippen LogP) is 1.72. The number of fused-ring (bicyclic) bond motifs is 3. The van der Waals surface area contributed by atoms with Crippen molar-refractivity contribution >= 4 is 17.3 Å². The average Bonchev–Trinajstić information content (AvgIpc) is 2.92. The number of phenols is 2. The molecule has 12 heteroatoms. The van der Waals surface area contributed by atoms with Gasteiger partial charge in [-0.1, -0.05) is 0 Å². The molecule has 1 fully saturated rings. The molecule has 0 radical (unpaired) electrons. The van der Waals surface area contributed by atoms with Crippen LogP contribution >= 0.6 is 0 Å². The molecule has 1 heterocycles. The lowest BCUT2D eigenvalue weighted by Gasteiger charge is -2.50. The zero-order chi connectivity index (χ0) is 31.0. The van der Waals surface area contributed by atoms with E-state index in [4.69, 9.17) is 18.9 Å². The SMILES string of the molecule is COc1ccc(O)c2c1C(=O)c1cc3c(c(O)c1C2=O)C(OC1CC(C)(N(C)C)C(O)C(C)O1)C(OC)C(C)(O)C3=O. The number of ether oxygens (including phenoxy) is 4. The Morgan fingerprint density at radius 3 is 2.26 bits per heavy atom. The van der Waals surface area contributed by atoms with Crippen molar-refractivity contribution in [1.29, 1.82) is 0 Å². The van der Waals surface area contributed by atoms with E-state index in [0.717, 1.165) is 6.07 Å². The van der Waals surface area contributed by atoms with Crippen molar-refractivity contribution < 1.29 is 53.8 Å². The van der Waals surface area contributed by atoms with Gasteiger partial charge in [0.2, 0.25) is 5.78 Å². The van der Waals surface area contributed by atoms with Crippen molar-refractivity contribution in [3.8, 4) is 17.2 Å². The van der Waals surface area contributed by atoms with E-state index in [1.165, 1.54) is 33.3 Å². The topological polar surface area (TPSA) is 172 Å². The van der Waals surface area contributed by atoms with Gasteiger partial charge in [0.25, 0.3) is 0 Å². The van der Waals surface area contributed by atoms with Crippen molar-refractivity contribution in [2.45, 2.75) is 69.0 Å². The summed E-state index contributed by atoms with van der Waals surface area (Å²) in [4.78, 5) is 42.9. The fourth-order valence-electron chi connectivity index (χ4n) is 6.38. The molecule has 2 aromatic rings. The van der Waals surface area contributed by atoms with Crippen LogP contribution in [0.3, 0.4) is 0 Å². The monoisotopic (exact) mass is 585 g/mol. The summed E-state index contributed by atoms with van der Waals surface area (Å²) in [6.45, 7) is 4.76. The molecule has 226 valence electrons. The van der Waals surface area contributed by atoms with Crippen molar-refractivity contribution in [3.63, 3.8) is 0 Å². The fourth-order valence-corrected chi connectivity index (χ4v) is 6.38. The predicted molar refractivity (Wildman–Crippen MR) is 146 cm³/mol. The third kappa shape index (κ3) is 4.08.